The molecule has 33 heavy (non-hydrogen) atoms. The van der Waals surface area contributed by atoms with Crippen LogP contribution in [0.4, 0.5) is 5.95 Å². The first-order valence-electron chi connectivity index (χ1n) is 11.4. The van der Waals surface area contributed by atoms with E-state index in [9.17, 15) is 9.90 Å². The second-order valence-electron chi connectivity index (χ2n) is 8.36. The molecular weight excluding hydrogens is 420 g/mol. The second kappa shape index (κ2) is 9.15. The van der Waals surface area contributed by atoms with Gasteiger partial charge in [0.2, 0.25) is 11.9 Å². The van der Waals surface area contributed by atoms with E-state index in [1.807, 2.05) is 47.4 Å². The summed E-state index contributed by atoms with van der Waals surface area (Å²) in [5, 5.41) is 14.1. The van der Waals surface area contributed by atoms with Crippen molar-refractivity contribution in [2.24, 2.45) is 0 Å². The number of aliphatic hydroxyl groups is 1. The molecule has 1 saturated heterocycles. The Morgan fingerprint density at radius 3 is 2.82 bits per heavy atom. The molecule has 2 atom stereocenters. The first kappa shape index (κ1) is 21.3. The maximum atomic E-state index is 12.5. The molecule has 8 nitrogen and oxygen atoms in total. The Bertz CT molecular complexity index is 1160. The van der Waals surface area contributed by atoms with Gasteiger partial charge in [0.15, 0.2) is 17.7 Å². The summed E-state index contributed by atoms with van der Waals surface area (Å²) < 4.78 is 13.9. The molecule has 2 aliphatic rings. The van der Waals surface area contributed by atoms with E-state index in [1.165, 1.54) is 6.08 Å². The van der Waals surface area contributed by atoms with Gasteiger partial charge in [-0.1, -0.05) is 36.9 Å². The lowest BCUT2D eigenvalue weighted by molar-refractivity contribution is -0.126. The number of nitrogens with one attached hydrogen (secondary N) is 1. The fourth-order valence-corrected chi connectivity index (χ4v) is 4.65. The highest BCUT2D eigenvalue weighted by atomic mass is 16.6. The summed E-state index contributed by atoms with van der Waals surface area (Å²) >= 11 is 0. The van der Waals surface area contributed by atoms with E-state index in [2.05, 4.69) is 16.5 Å². The average Bonchev–Trinajstić information content (AvgIpc) is 3.05. The van der Waals surface area contributed by atoms with E-state index < -0.39 is 6.23 Å². The van der Waals surface area contributed by atoms with Crippen LogP contribution < -0.4 is 14.8 Å². The number of fused-ring (bicyclic) bond motifs is 3. The number of carbonyl (C=O) groups excluding carboxylic acids is 1. The number of aliphatic hydroxyl groups excluding tert-OH is 1. The number of hydrogen-bond donors (Lipinski definition) is 2. The molecule has 2 aliphatic heterocycles. The molecule has 8 heteroatoms. The van der Waals surface area contributed by atoms with Gasteiger partial charge >= 0.3 is 0 Å². The van der Waals surface area contributed by atoms with Crippen molar-refractivity contribution in [2.75, 3.05) is 31.6 Å². The van der Waals surface area contributed by atoms with Crippen LogP contribution in [0.2, 0.25) is 0 Å². The summed E-state index contributed by atoms with van der Waals surface area (Å²) in [6.45, 7) is 5.83. The van der Waals surface area contributed by atoms with Gasteiger partial charge in [-0.25, -0.2) is 4.98 Å². The zero-order chi connectivity index (χ0) is 22.8. The Hall–Kier alpha value is -3.52. The van der Waals surface area contributed by atoms with E-state index in [1.54, 1.807) is 0 Å². The number of carbonyl (C=O) groups is 1. The standard InChI is InChI=1S/C25H28N4O4/c1-2-21(30)28-13-7-6-10-18(16-28)29-22-19(11-12-20-23(22)33-15-14-32-20)26-25(29)27-24(31)17-8-4-3-5-9-17/h2-5,8-9,11-12,18,24,31H,1,6-7,10,13-16H2,(H,26,27)/t18-,24?/m1/s1. The number of nitrogens with zero attached hydrogens (tertiary/aromatic N) is 3. The third-order valence-corrected chi connectivity index (χ3v) is 6.24. The highest BCUT2D eigenvalue weighted by molar-refractivity contribution is 5.88. The van der Waals surface area contributed by atoms with Gasteiger partial charge in [0.25, 0.3) is 0 Å². The predicted octanol–water partition coefficient (Wildman–Crippen LogP) is 3.65. The van der Waals surface area contributed by atoms with Crippen molar-refractivity contribution in [1.29, 1.82) is 0 Å². The average molecular weight is 449 g/mol. The lowest BCUT2D eigenvalue weighted by Crippen LogP contribution is -2.34. The van der Waals surface area contributed by atoms with Crippen LogP contribution >= 0.6 is 0 Å². The van der Waals surface area contributed by atoms with E-state index in [0.29, 0.717) is 43.8 Å². The van der Waals surface area contributed by atoms with Crippen molar-refractivity contribution < 1.29 is 19.4 Å². The maximum absolute atomic E-state index is 12.5. The van der Waals surface area contributed by atoms with Crippen LogP contribution in [-0.4, -0.2) is 51.8 Å². The van der Waals surface area contributed by atoms with Crippen molar-refractivity contribution in [2.45, 2.75) is 31.5 Å². The Morgan fingerprint density at radius 1 is 1.18 bits per heavy atom. The third kappa shape index (κ3) is 4.14. The summed E-state index contributed by atoms with van der Waals surface area (Å²) in [4.78, 5) is 19.1. The molecule has 0 saturated carbocycles. The quantitative estimate of drug-likeness (QED) is 0.458. The number of benzene rings is 2. The van der Waals surface area contributed by atoms with Crippen molar-refractivity contribution in [3.8, 4) is 11.5 Å². The Morgan fingerprint density at radius 2 is 2.00 bits per heavy atom. The fourth-order valence-electron chi connectivity index (χ4n) is 4.65. The van der Waals surface area contributed by atoms with Crippen molar-refractivity contribution >= 4 is 22.9 Å². The van der Waals surface area contributed by atoms with Crippen LogP contribution in [0.5, 0.6) is 11.5 Å². The van der Waals surface area contributed by atoms with Crippen LogP contribution in [0, 0.1) is 0 Å². The van der Waals surface area contributed by atoms with Crippen molar-refractivity contribution in [3.63, 3.8) is 0 Å². The zero-order valence-corrected chi connectivity index (χ0v) is 18.4. The Labute approximate surface area is 192 Å². The number of likely N-dealkylation sites (tertiary alicyclic amines) is 1. The lowest BCUT2D eigenvalue weighted by atomic mass is 10.1. The first-order chi connectivity index (χ1) is 16.2. The first-order valence-corrected chi connectivity index (χ1v) is 11.4. The van der Waals surface area contributed by atoms with Gasteiger partial charge < -0.3 is 29.4 Å². The van der Waals surface area contributed by atoms with Crippen LogP contribution in [0.1, 0.15) is 37.1 Å². The molecule has 2 N–H and O–H groups in total. The molecule has 0 bridgehead atoms. The van der Waals surface area contributed by atoms with Crippen molar-refractivity contribution in [3.05, 3.63) is 60.7 Å². The summed E-state index contributed by atoms with van der Waals surface area (Å²) in [6, 6.07) is 13.1. The monoisotopic (exact) mass is 448 g/mol. The van der Waals surface area contributed by atoms with Gasteiger partial charge in [0, 0.05) is 18.7 Å². The van der Waals surface area contributed by atoms with Crippen LogP contribution in [0.3, 0.4) is 0 Å². The molecule has 172 valence electrons. The molecule has 1 aromatic heterocycles. The van der Waals surface area contributed by atoms with Gasteiger partial charge in [-0.2, -0.15) is 0 Å². The normalized spacial score (nSPS) is 19.1. The molecule has 0 aliphatic carbocycles. The fraction of sp³-hybridized carbons (Fsp3) is 0.360. The summed E-state index contributed by atoms with van der Waals surface area (Å²) in [6.07, 6.45) is 3.19. The Balaban J connectivity index is 1.61. The maximum Gasteiger partial charge on any atom is 0.246 e. The zero-order valence-electron chi connectivity index (χ0n) is 18.4. The predicted molar refractivity (Wildman–Crippen MR) is 125 cm³/mol. The van der Waals surface area contributed by atoms with Crippen LogP contribution in [0.15, 0.2) is 55.1 Å². The van der Waals surface area contributed by atoms with E-state index in [4.69, 9.17) is 14.5 Å². The minimum Gasteiger partial charge on any atom is -0.486 e. The van der Waals surface area contributed by atoms with Gasteiger partial charge in [-0.05, 0) is 37.5 Å². The molecule has 2 aromatic carbocycles. The Kier molecular flexibility index (Phi) is 5.92. The van der Waals surface area contributed by atoms with Gasteiger partial charge in [-0.15, -0.1) is 0 Å². The number of ether oxygens (including phenoxy) is 2. The topological polar surface area (TPSA) is 88.9 Å². The highest BCUT2D eigenvalue weighted by Gasteiger charge is 2.29. The van der Waals surface area contributed by atoms with E-state index >= 15 is 0 Å². The molecule has 5 rings (SSSR count). The minimum atomic E-state index is -0.938. The molecule has 0 spiro atoms. The van der Waals surface area contributed by atoms with Crippen LogP contribution in [0.25, 0.3) is 11.0 Å². The lowest BCUT2D eigenvalue weighted by Gasteiger charge is -2.28. The van der Waals surface area contributed by atoms with Gasteiger partial charge in [0.05, 0.1) is 11.6 Å². The van der Waals surface area contributed by atoms with Crippen LogP contribution in [-0.2, 0) is 4.79 Å². The van der Waals surface area contributed by atoms with E-state index in [0.717, 1.165) is 35.9 Å². The largest absolute Gasteiger partial charge is 0.486 e. The summed E-state index contributed by atoms with van der Waals surface area (Å²) in [5.74, 6) is 1.78. The highest BCUT2D eigenvalue weighted by Crippen LogP contribution is 2.42. The van der Waals surface area contributed by atoms with Gasteiger partial charge in [-0.3, -0.25) is 4.79 Å². The SMILES string of the molecule is C=CC(=O)N1CCCC[C@@H](n2c(NC(O)c3ccccc3)nc3ccc4c(c32)OCCO4)C1. The molecule has 1 amide bonds. The second-order valence-corrected chi connectivity index (χ2v) is 8.36. The number of imidazole rings is 1. The smallest absolute Gasteiger partial charge is 0.246 e. The molecular formula is C25H28N4O4. The summed E-state index contributed by atoms with van der Waals surface area (Å²) in [5.41, 5.74) is 2.29. The molecule has 3 heterocycles. The summed E-state index contributed by atoms with van der Waals surface area (Å²) in [7, 11) is 0. The molecule has 3 aromatic rings. The number of hydrogen-bond acceptors (Lipinski definition) is 6. The van der Waals surface area contributed by atoms with E-state index in [-0.39, 0.29) is 11.9 Å². The number of anilines is 1. The van der Waals surface area contributed by atoms with Gasteiger partial charge in [0.1, 0.15) is 18.7 Å². The number of rotatable bonds is 5. The molecule has 1 fully saturated rings. The number of amides is 1. The molecule has 0 radical (unpaired) electrons. The van der Waals surface area contributed by atoms with Crippen molar-refractivity contribution in [1.82, 2.24) is 14.5 Å². The number of aromatic nitrogens is 2. The molecule has 1 unspecified atom stereocenters. The third-order valence-electron chi connectivity index (χ3n) is 6.24. The minimum absolute atomic E-state index is 0.0519.